The van der Waals surface area contributed by atoms with Crippen LogP contribution in [0.4, 0.5) is 10.2 Å². The van der Waals surface area contributed by atoms with Gasteiger partial charge in [-0.1, -0.05) is 24.6 Å². The van der Waals surface area contributed by atoms with Crippen LogP contribution in [0, 0.1) is 35.4 Å². The van der Waals surface area contributed by atoms with Crippen LogP contribution in [0.3, 0.4) is 0 Å². The molecule has 244 valence electrons. The van der Waals surface area contributed by atoms with Gasteiger partial charge in [0, 0.05) is 35.8 Å². The van der Waals surface area contributed by atoms with Crippen molar-refractivity contribution in [2.75, 3.05) is 37.7 Å². The molecule has 3 aliphatic rings. The predicted molar refractivity (Wildman–Crippen MR) is 181 cm³/mol. The van der Waals surface area contributed by atoms with E-state index in [9.17, 15) is 15.2 Å². The summed E-state index contributed by atoms with van der Waals surface area (Å²) in [4.78, 5) is 30.8. The molecule has 0 aliphatic carbocycles. The maximum Gasteiger partial charge on any atom is 0.319 e. The molecule has 3 fully saturated rings. The summed E-state index contributed by atoms with van der Waals surface area (Å²) in [6.07, 6.45) is 14.0. The molecule has 2 aromatic heterocycles. The minimum Gasteiger partial charge on any atom is -0.508 e. The predicted octanol–water partition coefficient (Wildman–Crippen LogP) is 5.09. The Hall–Kier alpha value is -5.26. The molecule has 3 saturated heterocycles. The van der Waals surface area contributed by atoms with Crippen LogP contribution in [0.25, 0.3) is 32.9 Å². The number of hydrogen-bond donors (Lipinski definition) is 2. The Labute approximate surface area is 278 Å². The number of nitrogens with one attached hydrogen (secondary N) is 1. The van der Waals surface area contributed by atoms with Gasteiger partial charge >= 0.3 is 6.01 Å². The average Bonchev–Trinajstić information content (AvgIpc) is 3.61. The quantitative estimate of drug-likeness (QED) is 0.209. The fourth-order valence-electron chi connectivity index (χ4n) is 7.79. The van der Waals surface area contributed by atoms with E-state index in [1.54, 1.807) is 24.3 Å². The number of nitrogens with zero attached hydrogens (tertiary/aromatic N) is 6. The van der Waals surface area contributed by atoms with Gasteiger partial charge in [-0.05, 0) is 81.3 Å². The number of carbonyl (C=O) groups is 1. The van der Waals surface area contributed by atoms with Crippen molar-refractivity contribution in [3.05, 3.63) is 60.6 Å². The number of nitriles is 1. The number of hydrogen-bond acceptors (Lipinski definition) is 9. The first-order valence-corrected chi connectivity index (χ1v) is 16.4. The summed E-state index contributed by atoms with van der Waals surface area (Å²) in [5.41, 5.74) is 0.780. The fraction of sp³-hybridized carbons (Fsp3) is 0.378. The third-order valence-corrected chi connectivity index (χ3v) is 10.1. The summed E-state index contributed by atoms with van der Waals surface area (Å²) in [6.45, 7) is 6.76. The third-order valence-electron chi connectivity index (χ3n) is 10.1. The topological polar surface area (TPSA) is 128 Å². The lowest BCUT2D eigenvalue weighted by molar-refractivity contribution is -0.117. The molecule has 4 aromatic rings. The van der Waals surface area contributed by atoms with Gasteiger partial charge in [0.05, 0.1) is 29.0 Å². The number of aromatic nitrogens is 3. The zero-order valence-corrected chi connectivity index (χ0v) is 26.6. The largest absolute Gasteiger partial charge is 0.508 e. The maximum absolute atomic E-state index is 16.9. The lowest BCUT2D eigenvalue weighted by Crippen LogP contribution is -2.46. The number of phenolic OH excluding ortho intramolecular Hbond substituents is 1. The normalized spacial score (nSPS) is 20.5. The highest BCUT2D eigenvalue weighted by Gasteiger charge is 2.45. The van der Waals surface area contributed by atoms with E-state index in [0.29, 0.717) is 59.1 Å². The second-order valence-corrected chi connectivity index (χ2v) is 12.9. The summed E-state index contributed by atoms with van der Waals surface area (Å²) >= 11 is 0. The SMILES string of the molecule is C#Cc1cccc2cc(O)cc(-c3ncc4c(N5CCC[C@@H](C#N)[C@@H](NC(=O)C=C)C5)nc(OCC56CCCN5CCC6)nc4c3F)c12. The molecular weight excluding hydrogens is 609 g/mol. The standard InChI is InChI=1S/C37H36FN7O3/c1-3-23-9-5-10-24-17-26(46)18-27(31(23)24)33-32(38)34-28(20-40-33)35(44-14-6-11-25(19-39)29(21-44)41-30(47)4-2)43-36(42-34)48-22-37-12-7-15-45(37)16-8-13-37/h1,4-5,9-10,17-18,20,25,29,46H,2,6-8,11-16,21-22H2,(H,41,47)/t25-,29-/m0/s1. The number of fused-ring (bicyclic) bond motifs is 3. The van der Waals surface area contributed by atoms with E-state index in [0.717, 1.165) is 38.8 Å². The van der Waals surface area contributed by atoms with E-state index >= 15 is 4.39 Å². The highest BCUT2D eigenvalue weighted by molar-refractivity contribution is 6.02. The number of amides is 1. The number of halogens is 1. The first-order chi connectivity index (χ1) is 23.3. The van der Waals surface area contributed by atoms with Crippen molar-refractivity contribution >= 4 is 33.4 Å². The third kappa shape index (κ3) is 5.54. The molecule has 2 N–H and O–H groups in total. The summed E-state index contributed by atoms with van der Waals surface area (Å²) in [5.74, 6) is 1.51. The number of pyridine rings is 1. The van der Waals surface area contributed by atoms with Gasteiger partial charge in [0.15, 0.2) is 5.82 Å². The van der Waals surface area contributed by atoms with Crippen molar-refractivity contribution < 1.29 is 19.0 Å². The van der Waals surface area contributed by atoms with Gasteiger partial charge in [-0.3, -0.25) is 14.7 Å². The molecule has 0 radical (unpaired) electrons. The Morgan fingerprint density at radius 1 is 1.23 bits per heavy atom. The molecule has 11 heteroatoms. The van der Waals surface area contributed by atoms with Gasteiger partial charge in [-0.15, -0.1) is 6.42 Å². The van der Waals surface area contributed by atoms with Gasteiger partial charge in [-0.2, -0.15) is 15.2 Å². The number of carbonyl (C=O) groups excluding carboxylic acids is 1. The number of ether oxygens (including phenoxy) is 1. The van der Waals surface area contributed by atoms with Gasteiger partial charge < -0.3 is 20.1 Å². The molecule has 2 aromatic carbocycles. The van der Waals surface area contributed by atoms with Crippen LogP contribution < -0.4 is 15.0 Å². The molecule has 2 atom stereocenters. The van der Waals surface area contributed by atoms with Crippen LogP contribution in [0.1, 0.15) is 44.1 Å². The van der Waals surface area contributed by atoms with Crippen molar-refractivity contribution in [2.24, 2.45) is 5.92 Å². The van der Waals surface area contributed by atoms with Gasteiger partial charge in [-0.25, -0.2) is 4.39 Å². The van der Waals surface area contributed by atoms with Gasteiger partial charge in [0.25, 0.3) is 0 Å². The summed E-state index contributed by atoms with van der Waals surface area (Å²) in [6, 6.07) is 10.2. The van der Waals surface area contributed by atoms with Crippen molar-refractivity contribution in [3.8, 4) is 41.4 Å². The summed E-state index contributed by atoms with van der Waals surface area (Å²) in [5, 5.41) is 25.0. The molecule has 0 saturated carbocycles. The summed E-state index contributed by atoms with van der Waals surface area (Å²) in [7, 11) is 0. The van der Waals surface area contributed by atoms with Crippen molar-refractivity contribution in [1.29, 1.82) is 5.26 Å². The van der Waals surface area contributed by atoms with Crippen LogP contribution in [0.15, 0.2) is 49.2 Å². The van der Waals surface area contributed by atoms with E-state index in [-0.39, 0.29) is 41.0 Å². The second-order valence-electron chi connectivity index (χ2n) is 12.9. The molecule has 5 heterocycles. The number of terminal acetylenes is 1. The van der Waals surface area contributed by atoms with E-state index in [1.165, 1.54) is 18.3 Å². The zero-order valence-electron chi connectivity index (χ0n) is 26.6. The number of phenols is 1. The maximum atomic E-state index is 16.9. The number of anilines is 1. The van der Waals surface area contributed by atoms with Crippen LogP contribution in [0.5, 0.6) is 11.8 Å². The average molecular weight is 646 g/mol. The number of aromatic hydroxyl groups is 1. The minimum atomic E-state index is -0.706. The van der Waals surface area contributed by atoms with Crippen LogP contribution in [0.2, 0.25) is 0 Å². The molecule has 48 heavy (non-hydrogen) atoms. The highest BCUT2D eigenvalue weighted by Crippen LogP contribution is 2.41. The Balaban J connectivity index is 1.37. The first-order valence-electron chi connectivity index (χ1n) is 16.4. The minimum absolute atomic E-state index is 0.00892. The Kier molecular flexibility index (Phi) is 8.32. The Morgan fingerprint density at radius 3 is 2.79 bits per heavy atom. The second kappa shape index (κ2) is 12.7. The fourth-order valence-corrected chi connectivity index (χ4v) is 7.79. The lowest BCUT2D eigenvalue weighted by atomic mass is 9.95. The van der Waals surface area contributed by atoms with Crippen LogP contribution >= 0.6 is 0 Å². The van der Waals surface area contributed by atoms with E-state index < -0.39 is 17.8 Å². The Morgan fingerprint density at radius 2 is 2.04 bits per heavy atom. The Bertz CT molecular complexity index is 2010. The van der Waals surface area contributed by atoms with E-state index in [4.69, 9.17) is 16.1 Å². The number of benzene rings is 2. The van der Waals surface area contributed by atoms with Gasteiger partial charge in [0.2, 0.25) is 5.91 Å². The highest BCUT2D eigenvalue weighted by atomic mass is 19.1. The molecule has 10 nitrogen and oxygen atoms in total. The molecule has 0 unspecified atom stereocenters. The molecule has 0 bridgehead atoms. The smallest absolute Gasteiger partial charge is 0.319 e. The monoisotopic (exact) mass is 645 g/mol. The molecule has 7 rings (SSSR count). The van der Waals surface area contributed by atoms with Crippen LogP contribution in [-0.4, -0.2) is 75.2 Å². The van der Waals surface area contributed by atoms with Crippen molar-refractivity contribution in [1.82, 2.24) is 25.2 Å². The summed E-state index contributed by atoms with van der Waals surface area (Å²) < 4.78 is 23.3. The van der Waals surface area contributed by atoms with E-state index in [1.807, 2.05) is 4.90 Å². The zero-order chi connectivity index (χ0) is 33.4. The molecule has 1 amide bonds. The van der Waals surface area contributed by atoms with Gasteiger partial charge in [0.1, 0.15) is 29.4 Å². The molecule has 3 aliphatic heterocycles. The lowest BCUT2D eigenvalue weighted by Gasteiger charge is -2.31. The first kappa shape index (κ1) is 31.3. The molecular formula is C37H36FN7O3. The van der Waals surface area contributed by atoms with Crippen molar-refractivity contribution in [2.45, 2.75) is 50.1 Å². The van der Waals surface area contributed by atoms with E-state index in [2.05, 4.69) is 38.8 Å². The van der Waals surface area contributed by atoms with Crippen LogP contribution in [-0.2, 0) is 4.79 Å². The molecule has 0 spiro atoms. The number of rotatable bonds is 7. The van der Waals surface area contributed by atoms with Crippen molar-refractivity contribution in [3.63, 3.8) is 0 Å².